The van der Waals surface area contributed by atoms with E-state index in [2.05, 4.69) is 126 Å². The minimum absolute atomic E-state index is 0.597. The molecule has 0 fully saturated rings. The Morgan fingerprint density at radius 3 is 1.89 bits per heavy atom. The number of nitrogens with zero attached hydrogens (tertiary/aromatic N) is 5. The number of anilines is 1. The first-order chi connectivity index (χ1) is 17.3. The second kappa shape index (κ2) is 13.6. The van der Waals surface area contributed by atoms with Crippen LogP contribution < -0.4 is 11.1 Å². The average Bonchev–Trinajstić information content (AvgIpc) is 3.25. The van der Waals surface area contributed by atoms with Crippen molar-refractivity contribution < 1.29 is 0 Å². The Morgan fingerprint density at radius 2 is 1.33 bits per heavy atom. The van der Waals surface area contributed by atoms with E-state index in [1.54, 1.807) is 6.34 Å². The van der Waals surface area contributed by atoms with Gasteiger partial charge in [0.05, 0.1) is 6.34 Å². The highest BCUT2D eigenvalue weighted by molar-refractivity contribution is 5.97. The van der Waals surface area contributed by atoms with Gasteiger partial charge in [-0.15, -0.1) is 0 Å². The zero-order chi connectivity index (χ0) is 25.9. The number of benzene rings is 2. The zero-order valence-electron chi connectivity index (χ0n) is 22.4. The lowest BCUT2D eigenvalue weighted by molar-refractivity contribution is 0.403. The van der Waals surface area contributed by atoms with E-state index in [0.717, 1.165) is 61.5 Å². The molecular formula is C29H41N7. The molecule has 0 amide bonds. The van der Waals surface area contributed by atoms with E-state index in [9.17, 15) is 0 Å². The van der Waals surface area contributed by atoms with E-state index >= 15 is 0 Å². The summed E-state index contributed by atoms with van der Waals surface area (Å²) in [7, 11) is 10.4. The molecule has 2 aromatic carbocycles. The van der Waals surface area contributed by atoms with Crippen molar-refractivity contribution in [1.82, 2.24) is 14.4 Å². The molecule has 0 aliphatic carbocycles. The van der Waals surface area contributed by atoms with Crippen LogP contribution in [0.5, 0.6) is 0 Å². The fourth-order valence-electron chi connectivity index (χ4n) is 3.98. The van der Waals surface area contributed by atoms with E-state index in [1.807, 2.05) is 0 Å². The van der Waals surface area contributed by atoms with Gasteiger partial charge < -0.3 is 25.4 Å². The minimum atomic E-state index is 0.597. The van der Waals surface area contributed by atoms with Crippen LogP contribution in [-0.4, -0.2) is 80.9 Å². The summed E-state index contributed by atoms with van der Waals surface area (Å²) in [5, 5.41) is 3.26. The molecule has 3 rings (SSSR count). The summed E-state index contributed by atoms with van der Waals surface area (Å²) in [4.78, 5) is 13.3. The van der Waals surface area contributed by atoms with Gasteiger partial charge in [-0.3, -0.25) is 9.98 Å². The lowest BCUT2D eigenvalue weighted by Crippen LogP contribution is -2.16. The van der Waals surface area contributed by atoms with Crippen molar-refractivity contribution >= 4 is 17.9 Å². The van der Waals surface area contributed by atoms with Crippen LogP contribution in [0, 0.1) is 0 Å². The Labute approximate surface area is 216 Å². The molecule has 0 aliphatic heterocycles. The lowest BCUT2D eigenvalue weighted by Gasteiger charge is -2.10. The van der Waals surface area contributed by atoms with Gasteiger partial charge in [0, 0.05) is 42.8 Å². The maximum absolute atomic E-state index is 6.20. The highest BCUT2D eigenvalue weighted by Crippen LogP contribution is 2.28. The van der Waals surface area contributed by atoms with Crippen LogP contribution in [0.3, 0.4) is 0 Å². The second-order valence-electron chi connectivity index (χ2n) is 9.58. The van der Waals surface area contributed by atoms with Crippen LogP contribution in [0.2, 0.25) is 0 Å². The molecular weight excluding hydrogens is 446 g/mol. The summed E-state index contributed by atoms with van der Waals surface area (Å²) in [6.07, 6.45) is 3.84. The average molecular weight is 488 g/mol. The van der Waals surface area contributed by atoms with Crippen molar-refractivity contribution in [2.24, 2.45) is 22.8 Å². The Morgan fingerprint density at radius 1 is 0.806 bits per heavy atom. The number of nitrogens with two attached hydrogens (primary N) is 1. The largest absolute Gasteiger partial charge is 0.384 e. The summed E-state index contributed by atoms with van der Waals surface area (Å²) in [6, 6.07) is 21.1. The number of aliphatic imine (C=N–C) groups is 2. The van der Waals surface area contributed by atoms with Crippen molar-refractivity contribution in [3.05, 3.63) is 66.2 Å². The van der Waals surface area contributed by atoms with Crippen molar-refractivity contribution in [2.75, 3.05) is 59.7 Å². The molecule has 0 aliphatic rings. The van der Waals surface area contributed by atoms with Gasteiger partial charge in [-0.2, -0.15) is 0 Å². The summed E-state index contributed by atoms with van der Waals surface area (Å²) < 4.78 is 2.22. The molecule has 1 aromatic heterocycles. The highest BCUT2D eigenvalue weighted by atomic mass is 15.1. The Bertz CT molecular complexity index is 1120. The SMILES string of the molecule is CN(C)CCCN=CNc1ccc(-c2ccc(-c3ccc(C(N)=NCCCN(C)C)cc3)n2C)cc1. The molecule has 0 bridgehead atoms. The fourth-order valence-corrected chi connectivity index (χ4v) is 3.98. The number of aromatic nitrogens is 1. The maximum atomic E-state index is 6.20. The zero-order valence-corrected chi connectivity index (χ0v) is 22.4. The smallest absolute Gasteiger partial charge is 0.125 e. The Balaban J connectivity index is 1.61. The molecule has 3 aromatic rings. The molecule has 3 N–H and O–H groups in total. The summed E-state index contributed by atoms with van der Waals surface area (Å²) >= 11 is 0. The van der Waals surface area contributed by atoms with Crippen molar-refractivity contribution in [3.8, 4) is 22.5 Å². The molecule has 0 unspecified atom stereocenters. The van der Waals surface area contributed by atoms with E-state index < -0.39 is 0 Å². The summed E-state index contributed by atoms with van der Waals surface area (Å²) in [5.74, 6) is 0.597. The lowest BCUT2D eigenvalue weighted by atomic mass is 10.1. The van der Waals surface area contributed by atoms with Gasteiger partial charge in [0.1, 0.15) is 5.84 Å². The summed E-state index contributed by atoms with van der Waals surface area (Å²) in [6.45, 7) is 3.63. The molecule has 0 saturated heterocycles. The number of hydrogen-bond acceptors (Lipinski definition) is 4. The normalized spacial score (nSPS) is 12.2. The predicted octanol–water partition coefficient (Wildman–Crippen LogP) is 4.41. The molecule has 7 heteroatoms. The molecule has 7 nitrogen and oxygen atoms in total. The van der Waals surface area contributed by atoms with Gasteiger partial charge in [-0.25, -0.2) is 0 Å². The first-order valence-electron chi connectivity index (χ1n) is 12.6. The quantitative estimate of drug-likeness (QED) is 0.213. The standard InChI is InChI=1S/C29H41N7/c1-34(2)20-6-18-31-22-33-26-14-12-24(13-15-26)28-17-16-27(36(28)5)23-8-10-25(11-9-23)29(30)32-19-7-21-35(3)4/h8-17,22H,6-7,18-21H2,1-5H3,(H2,30,32)(H,31,33). The fraction of sp³-hybridized carbons (Fsp3) is 0.379. The van der Waals surface area contributed by atoms with Gasteiger partial charge >= 0.3 is 0 Å². The number of nitrogens with one attached hydrogen (secondary N) is 1. The topological polar surface area (TPSA) is 74.2 Å². The maximum Gasteiger partial charge on any atom is 0.125 e. The third-order valence-corrected chi connectivity index (χ3v) is 6.04. The van der Waals surface area contributed by atoms with Crippen LogP contribution >= 0.6 is 0 Å². The van der Waals surface area contributed by atoms with Crippen LogP contribution in [0.4, 0.5) is 5.69 Å². The monoisotopic (exact) mass is 487 g/mol. The highest BCUT2D eigenvalue weighted by Gasteiger charge is 2.09. The molecule has 192 valence electrons. The Hall–Kier alpha value is -3.42. The minimum Gasteiger partial charge on any atom is -0.384 e. The first-order valence-corrected chi connectivity index (χ1v) is 12.6. The van der Waals surface area contributed by atoms with Crippen LogP contribution in [0.1, 0.15) is 18.4 Å². The first kappa shape index (κ1) is 27.2. The molecule has 0 spiro atoms. The molecule has 36 heavy (non-hydrogen) atoms. The number of rotatable bonds is 13. The third-order valence-electron chi connectivity index (χ3n) is 6.04. The van der Waals surface area contributed by atoms with Crippen LogP contribution in [-0.2, 0) is 7.05 Å². The van der Waals surface area contributed by atoms with Gasteiger partial charge in [0.2, 0.25) is 0 Å². The van der Waals surface area contributed by atoms with Gasteiger partial charge in [-0.05, 0) is 89.5 Å². The van der Waals surface area contributed by atoms with E-state index in [0.29, 0.717) is 5.84 Å². The van der Waals surface area contributed by atoms with Crippen molar-refractivity contribution in [2.45, 2.75) is 12.8 Å². The Kier molecular flexibility index (Phi) is 10.3. The van der Waals surface area contributed by atoms with Crippen molar-refractivity contribution in [3.63, 3.8) is 0 Å². The van der Waals surface area contributed by atoms with Crippen LogP contribution in [0.15, 0.2) is 70.6 Å². The molecule has 0 radical (unpaired) electrons. The van der Waals surface area contributed by atoms with Crippen molar-refractivity contribution in [1.29, 1.82) is 0 Å². The second-order valence-corrected chi connectivity index (χ2v) is 9.58. The van der Waals surface area contributed by atoms with Gasteiger partial charge in [0.25, 0.3) is 0 Å². The van der Waals surface area contributed by atoms with Crippen LogP contribution in [0.25, 0.3) is 22.5 Å². The molecule has 0 saturated carbocycles. The third kappa shape index (κ3) is 8.07. The molecule has 0 atom stereocenters. The van der Waals surface area contributed by atoms with E-state index in [4.69, 9.17) is 5.73 Å². The van der Waals surface area contributed by atoms with E-state index in [-0.39, 0.29) is 0 Å². The number of amidine groups is 1. The molecule has 1 heterocycles. The predicted molar refractivity (Wildman–Crippen MR) is 155 cm³/mol. The van der Waals surface area contributed by atoms with E-state index in [1.165, 1.54) is 11.3 Å². The van der Waals surface area contributed by atoms with Gasteiger partial charge in [-0.1, -0.05) is 36.4 Å². The summed E-state index contributed by atoms with van der Waals surface area (Å²) in [5.41, 5.74) is 12.8. The number of hydrogen-bond donors (Lipinski definition) is 2. The van der Waals surface area contributed by atoms with Gasteiger partial charge in [0.15, 0.2) is 0 Å².